The van der Waals surface area contributed by atoms with Crippen molar-refractivity contribution in [3.05, 3.63) is 44.6 Å². The first-order valence-electron chi connectivity index (χ1n) is 5.09. The molecule has 1 aromatic carbocycles. The maximum Gasteiger partial charge on any atom is 0.0798 e. The van der Waals surface area contributed by atoms with Crippen LogP contribution in [0.5, 0.6) is 0 Å². The van der Waals surface area contributed by atoms with Crippen molar-refractivity contribution in [2.45, 2.75) is 6.04 Å². The van der Waals surface area contributed by atoms with E-state index in [9.17, 15) is 0 Å². The van der Waals surface area contributed by atoms with E-state index in [1.807, 2.05) is 20.2 Å². The Morgan fingerprint density at radius 2 is 1.88 bits per heavy atom. The molecule has 0 aliphatic heterocycles. The van der Waals surface area contributed by atoms with Crippen LogP contribution in [0.4, 0.5) is 0 Å². The number of aromatic nitrogens is 3. The molecule has 0 radical (unpaired) electrons. The summed E-state index contributed by atoms with van der Waals surface area (Å²) in [5, 5.41) is 11.1. The predicted octanol–water partition coefficient (Wildman–Crippen LogP) is 2.65. The molecule has 0 aliphatic rings. The van der Waals surface area contributed by atoms with Crippen LogP contribution in [0.15, 0.2) is 33.3 Å². The van der Waals surface area contributed by atoms with Gasteiger partial charge >= 0.3 is 0 Å². The molecule has 1 unspecified atom stereocenters. The maximum atomic E-state index is 3.96. The fourth-order valence-electron chi connectivity index (χ4n) is 1.79. The van der Waals surface area contributed by atoms with Crippen LogP contribution in [0.3, 0.4) is 0 Å². The second-order valence-corrected chi connectivity index (χ2v) is 5.54. The molecule has 17 heavy (non-hydrogen) atoms. The number of nitrogens with one attached hydrogen (secondary N) is 1. The zero-order valence-electron chi connectivity index (χ0n) is 9.48. The van der Waals surface area contributed by atoms with Crippen molar-refractivity contribution in [3.63, 3.8) is 0 Å². The van der Waals surface area contributed by atoms with Crippen LogP contribution < -0.4 is 5.32 Å². The molecule has 2 aromatic rings. The summed E-state index contributed by atoms with van der Waals surface area (Å²) in [4.78, 5) is 0. The summed E-state index contributed by atoms with van der Waals surface area (Å²) >= 11 is 6.99. The van der Waals surface area contributed by atoms with Gasteiger partial charge in [-0.2, -0.15) is 0 Å². The quantitative estimate of drug-likeness (QED) is 0.916. The average molecular weight is 360 g/mol. The zero-order valence-corrected chi connectivity index (χ0v) is 12.7. The van der Waals surface area contributed by atoms with Gasteiger partial charge in [-0.15, -0.1) is 5.10 Å². The number of nitrogens with zero attached hydrogens (tertiary/aromatic N) is 3. The van der Waals surface area contributed by atoms with E-state index in [4.69, 9.17) is 0 Å². The monoisotopic (exact) mass is 358 g/mol. The van der Waals surface area contributed by atoms with E-state index in [0.717, 1.165) is 20.2 Å². The van der Waals surface area contributed by atoms with E-state index in [2.05, 4.69) is 59.6 Å². The summed E-state index contributed by atoms with van der Waals surface area (Å²) in [6.07, 6.45) is 1.77. The molecule has 0 saturated carbocycles. The standard InChI is InChI=1S/C11H12Br2N4/c1-14-11(10-6-15-16-17(10)2)7-3-8(12)5-9(13)4-7/h3-6,11,14H,1-2H3. The van der Waals surface area contributed by atoms with E-state index >= 15 is 0 Å². The van der Waals surface area contributed by atoms with Crippen molar-refractivity contribution in [2.75, 3.05) is 7.05 Å². The summed E-state index contributed by atoms with van der Waals surface area (Å²) in [5.74, 6) is 0. The lowest BCUT2D eigenvalue weighted by molar-refractivity contribution is 0.597. The fourth-order valence-corrected chi connectivity index (χ4v) is 3.12. The number of aryl methyl sites for hydroxylation is 1. The Balaban J connectivity index is 2.45. The number of hydrogen-bond donors (Lipinski definition) is 1. The molecule has 0 bridgehead atoms. The van der Waals surface area contributed by atoms with E-state index in [1.165, 1.54) is 0 Å². The zero-order chi connectivity index (χ0) is 12.4. The predicted molar refractivity (Wildman–Crippen MR) is 73.7 cm³/mol. The molecule has 0 saturated heterocycles. The first-order valence-corrected chi connectivity index (χ1v) is 6.68. The van der Waals surface area contributed by atoms with E-state index in [0.29, 0.717) is 0 Å². The van der Waals surface area contributed by atoms with Gasteiger partial charge in [-0.1, -0.05) is 37.1 Å². The van der Waals surface area contributed by atoms with Crippen LogP contribution >= 0.6 is 31.9 Å². The third-order valence-corrected chi connectivity index (χ3v) is 3.47. The van der Waals surface area contributed by atoms with E-state index in [-0.39, 0.29) is 6.04 Å². The van der Waals surface area contributed by atoms with Gasteiger partial charge in [0.25, 0.3) is 0 Å². The summed E-state index contributed by atoms with van der Waals surface area (Å²) in [6.45, 7) is 0. The SMILES string of the molecule is CNC(c1cc(Br)cc(Br)c1)c1cnnn1C. The topological polar surface area (TPSA) is 42.7 Å². The van der Waals surface area contributed by atoms with Crippen molar-refractivity contribution >= 4 is 31.9 Å². The van der Waals surface area contributed by atoms with Gasteiger partial charge in [-0.3, -0.25) is 4.68 Å². The van der Waals surface area contributed by atoms with Crippen molar-refractivity contribution in [2.24, 2.45) is 7.05 Å². The molecule has 4 nitrogen and oxygen atoms in total. The molecular weight excluding hydrogens is 348 g/mol. The highest BCUT2D eigenvalue weighted by Crippen LogP contribution is 2.27. The van der Waals surface area contributed by atoms with Crippen LogP contribution in [0, 0.1) is 0 Å². The molecule has 1 atom stereocenters. The number of rotatable bonds is 3. The highest BCUT2D eigenvalue weighted by atomic mass is 79.9. The normalized spacial score (nSPS) is 12.7. The molecule has 0 fully saturated rings. The molecule has 0 aliphatic carbocycles. The van der Waals surface area contributed by atoms with Crippen LogP contribution in [-0.4, -0.2) is 22.0 Å². The third kappa shape index (κ3) is 2.75. The van der Waals surface area contributed by atoms with Crippen molar-refractivity contribution in [3.8, 4) is 0 Å². The Labute approximate surface area is 117 Å². The lowest BCUT2D eigenvalue weighted by atomic mass is 10.0. The van der Waals surface area contributed by atoms with Gasteiger partial charge in [0.1, 0.15) is 0 Å². The molecular formula is C11H12Br2N4. The van der Waals surface area contributed by atoms with Gasteiger partial charge in [0.2, 0.25) is 0 Å². The summed E-state index contributed by atoms with van der Waals surface area (Å²) in [6, 6.07) is 6.25. The van der Waals surface area contributed by atoms with Gasteiger partial charge in [0.05, 0.1) is 17.9 Å². The Bertz CT molecular complexity index is 504. The molecule has 6 heteroatoms. The van der Waals surface area contributed by atoms with Crippen LogP contribution in [-0.2, 0) is 7.05 Å². The maximum absolute atomic E-state index is 3.96. The van der Waals surface area contributed by atoms with E-state index < -0.39 is 0 Å². The lowest BCUT2D eigenvalue weighted by Crippen LogP contribution is -2.20. The first-order chi connectivity index (χ1) is 8.11. The van der Waals surface area contributed by atoms with Gasteiger partial charge in [-0.25, -0.2) is 0 Å². The second-order valence-electron chi connectivity index (χ2n) is 3.71. The molecule has 1 heterocycles. The number of halogens is 2. The summed E-state index contributed by atoms with van der Waals surface area (Å²) in [7, 11) is 3.81. The highest BCUT2D eigenvalue weighted by Gasteiger charge is 2.16. The van der Waals surface area contributed by atoms with Crippen LogP contribution in [0.25, 0.3) is 0 Å². The highest BCUT2D eigenvalue weighted by molar-refractivity contribution is 9.11. The lowest BCUT2D eigenvalue weighted by Gasteiger charge is -2.17. The average Bonchev–Trinajstić information content (AvgIpc) is 2.65. The largest absolute Gasteiger partial charge is 0.308 e. The molecule has 0 amide bonds. The Kier molecular flexibility index (Phi) is 3.96. The Morgan fingerprint density at radius 3 is 2.35 bits per heavy atom. The smallest absolute Gasteiger partial charge is 0.0798 e. The Morgan fingerprint density at radius 1 is 1.24 bits per heavy atom. The summed E-state index contributed by atoms with van der Waals surface area (Å²) < 4.78 is 3.85. The summed E-state index contributed by atoms with van der Waals surface area (Å²) in [5.41, 5.74) is 2.18. The van der Waals surface area contributed by atoms with Gasteiger partial charge in [-0.05, 0) is 30.8 Å². The molecule has 1 N–H and O–H groups in total. The van der Waals surface area contributed by atoms with Crippen molar-refractivity contribution in [1.82, 2.24) is 20.3 Å². The minimum Gasteiger partial charge on any atom is -0.308 e. The second kappa shape index (κ2) is 5.29. The van der Waals surface area contributed by atoms with Gasteiger partial charge in [0, 0.05) is 16.0 Å². The molecule has 1 aromatic heterocycles. The van der Waals surface area contributed by atoms with Crippen LogP contribution in [0.1, 0.15) is 17.3 Å². The van der Waals surface area contributed by atoms with Gasteiger partial charge in [0.15, 0.2) is 0 Å². The van der Waals surface area contributed by atoms with Crippen molar-refractivity contribution in [1.29, 1.82) is 0 Å². The van der Waals surface area contributed by atoms with Crippen molar-refractivity contribution < 1.29 is 0 Å². The minimum atomic E-state index is 0.0730. The molecule has 2 rings (SSSR count). The van der Waals surface area contributed by atoms with Gasteiger partial charge < -0.3 is 5.32 Å². The van der Waals surface area contributed by atoms with Crippen LogP contribution in [0.2, 0.25) is 0 Å². The molecule has 0 spiro atoms. The Hall–Kier alpha value is -0.720. The first kappa shape index (κ1) is 12.7. The third-order valence-electron chi connectivity index (χ3n) is 2.55. The minimum absolute atomic E-state index is 0.0730. The number of hydrogen-bond acceptors (Lipinski definition) is 3. The molecule has 90 valence electrons. The fraction of sp³-hybridized carbons (Fsp3) is 0.273. The number of benzene rings is 1. The van der Waals surface area contributed by atoms with E-state index in [1.54, 1.807) is 10.9 Å².